The van der Waals surface area contributed by atoms with Crippen LogP contribution in [0.1, 0.15) is 0 Å². The third kappa shape index (κ3) is 1.26. The van der Waals surface area contributed by atoms with Gasteiger partial charge in [0.25, 0.3) is 0 Å². The van der Waals surface area contributed by atoms with Crippen molar-refractivity contribution in [3.8, 4) is 0 Å². The standard InChI is InChI=1S/C7H8BN3O2/c9-7-5-2-1-4(8(12)13)3-6(5)10-11-7/h1-3,12-13H,(H3,9,10,11). The molecule has 0 aliphatic heterocycles. The second kappa shape index (κ2) is 2.76. The lowest BCUT2D eigenvalue weighted by atomic mass is 9.80. The highest BCUT2D eigenvalue weighted by molar-refractivity contribution is 6.58. The topological polar surface area (TPSA) is 95.2 Å². The van der Waals surface area contributed by atoms with Crippen molar-refractivity contribution in [3.63, 3.8) is 0 Å². The number of aromatic amines is 1. The van der Waals surface area contributed by atoms with Crippen molar-refractivity contribution < 1.29 is 10.0 Å². The molecule has 13 heavy (non-hydrogen) atoms. The zero-order chi connectivity index (χ0) is 9.42. The van der Waals surface area contributed by atoms with E-state index in [9.17, 15) is 0 Å². The van der Waals surface area contributed by atoms with Gasteiger partial charge in [-0.25, -0.2) is 0 Å². The van der Waals surface area contributed by atoms with E-state index in [1.807, 2.05) is 0 Å². The van der Waals surface area contributed by atoms with Crippen molar-refractivity contribution in [2.45, 2.75) is 0 Å². The van der Waals surface area contributed by atoms with Gasteiger partial charge in [0.05, 0.1) is 5.52 Å². The number of nitrogens with zero attached hydrogens (tertiary/aromatic N) is 1. The van der Waals surface area contributed by atoms with Crippen LogP contribution < -0.4 is 11.2 Å². The predicted molar refractivity (Wildman–Crippen MR) is 50.3 cm³/mol. The summed E-state index contributed by atoms with van der Waals surface area (Å²) in [7, 11) is -1.46. The lowest BCUT2D eigenvalue weighted by Crippen LogP contribution is -2.29. The molecule has 2 aromatic rings. The third-order valence-corrected chi connectivity index (χ3v) is 1.91. The van der Waals surface area contributed by atoms with E-state index in [0.717, 1.165) is 5.39 Å². The molecule has 66 valence electrons. The van der Waals surface area contributed by atoms with E-state index < -0.39 is 7.12 Å². The molecule has 0 spiro atoms. The van der Waals surface area contributed by atoms with Crippen LogP contribution in [0.4, 0.5) is 5.82 Å². The molecule has 0 saturated carbocycles. The first-order valence-electron chi connectivity index (χ1n) is 3.78. The lowest BCUT2D eigenvalue weighted by molar-refractivity contribution is 0.426. The molecule has 0 fully saturated rings. The molecule has 0 amide bonds. The molecule has 0 atom stereocenters. The predicted octanol–water partition coefficient (Wildman–Crippen LogP) is -1.18. The highest BCUT2D eigenvalue weighted by atomic mass is 16.4. The third-order valence-electron chi connectivity index (χ3n) is 1.91. The first kappa shape index (κ1) is 8.09. The molecule has 0 unspecified atom stereocenters. The smallest absolute Gasteiger partial charge is 0.423 e. The normalized spacial score (nSPS) is 10.6. The number of hydrogen-bond donors (Lipinski definition) is 4. The number of rotatable bonds is 1. The number of nitrogen functional groups attached to an aromatic ring is 1. The van der Waals surface area contributed by atoms with E-state index in [1.165, 1.54) is 0 Å². The Morgan fingerprint density at radius 3 is 2.85 bits per heavy atom. The fourth-order valence-electron chi connectivity index (χ4n) is 1.22. The number of benzene rings is 1. The van der Waals surface area contributed by atoms with E-state index in [4.69, 9.17) is 15.8 Å². The van der Waals surface area contributed by atoms with Crippen molar-refractivity contribution in [2.75, 3.05) is 5.73 Å². The van der Waals surface area contributed by atoms with Crippen molar-refractivity contribution in [1.82, 2.24) is 10.2 Å². The fourth-order valence-corrected chi connectivity index (χ4v) is 1.22. The first-order valence-corrected chi connectivity index (χ1v) is 3.78. The number of nitrogens with two attached hydrogens (primary N) is 1. The van der Waals surface area contributed by atoms with E-state index in [-0.39, 0.29) is 0 Å². The van der Waals surface area contributed by atoms with Crippen LogP contribution in [-0.4, -0.2) is 27.4 Å². The average Bonchev–Trinajstić information content (AvgIpc) is 2.47. The van der Waals surface area contributed by atoms with Crippen LogP contribution >= 0.6 is 0 Å². The maximum Gasteiger partial charge on any atom is 0.488 e. The molecule has 1 heterocycles. The number of H-pyrrole nitrogens is 1. The molecule has 0 saturated heterocycles. The van der Waals surface area contributed by atoms with E-state index in [1.54, 1.807) is 18.2 Å². The molecule has 5 nitrogen and oxygen atoms in total. The van der Waals surface area contributed by atoms with Gasteiger partial charge in [-0.3, -0.25) is 5.10 Å². The Morgan fingerprint density at radius 1 is 1.38 bits per heavy atom. The van der Waals surface area contributed by atoms with Crippen LogP contribution in [0.15, 0.2) is 18.2 Å². The molecule has 1 aromatic carbocycles. The van der Waals surface area contributed by atoms with Gasteiger partial charge in [-0.1, -0.05) is 6.07 Å². The molecule has 0 aliphatic rings. The Bertz CT molecular complexity index is 440. The molecule has 0 radical (unpaired) electrons. The summed E-state index contributed by atoms with van der Waals surface area (Å²) in [5.74, 6) is 0.411. The molecular weight excluding hydrogens is 169 g/mol. The van der Waals surface area contributed by atoms with Crippen molar-refractivity contribution in [1.29, 1.82) is 0 Å². The molecule has 1 aromatic heterocycles. The Labute approximate surface area is 74.3 Å². The first-order chi connectivity index (χ1) is 6.18. The van der Waals surface area contributed by atoms with Gasteiger partial charge in [-0.05, 0) is 17.6 Å². The summed E-state index contributed by atoms with van der Waals surface area (Å²) in [5, 5.41) is 25.0. The summed E-state index contributed by atoms with van der Waals surface area (Å²) in [5.41, 5.74) is 6.65. The largest absolute Gasteiger partial charge is 0.488 e. The molecule has 0 aliphatic carbocycles. The number of hydrogen-bond acceptors (Lipinski definition) is 4. The lowest BCUT2D eigenvalue weighted by Gasteiger charge is -1.97. The minimum atomic E-state index is -1.46. The molecule has 2 rings (SSSR count). The van der Waals surface area contributed by atoms with Gasteiger partial charge < -0.3 is 15.8 Å². The number of fused-ring (bicyclic) bond motifs is 1. The summed E-state index contributed by atoms with van der Waals surface area (Å²) in [6.45, 7) is 0. The summed E-state index contributed by atoms with van der Waals surface area (Å²) in [6, 6.07) is 4.89. The van der Waals surface area contributed by atoms with Crippen LogP contribution in [0.25, 0.3) is 10.9 Å². The number of aromatic nitrogens is 2. The highest BCUT2D eigenvalue weighted by Crippen LogP contribution is 2.15. The monoisotopic (exact) mass is 177 g/mol. The van der Waals surface area contributed by atoms with Crippen LogP contribution in [0.3, 0.4) is 0 Å². The van der Waals surface area contributed by atoms with Crippen molar-refractivity contribution in [2.24, 2.45) is 0 Å². The van der Waals surface area contributed by atoms with Gasteiger partial charge in [-0.15, -0.1) is 0 Å². The van der Waals surface area contributed by atoms with E-state index in [0.29, 0.717) is 16.8 Å². The average molecular weight is 177 g/mol. The van der Waals surface area contributed by atoms with Crippen molar-refractivity contribution >= 4 is 29.3 Å². The fraction of sp³-hybridized carbons (Fsp3) is 0. The summed E-state index contributed by atoms with van der Waals surface area (Å²) in [6.07, 6.45) is 0. The van der Waals surface area contributed by atoms with Gasteiger partial charge in [0.15, 0.2) is 5.82 Å². The minimum Gasteiger partial charge on any atom is -0.423 e. The number of anilines is 1. The van der Waals surface area contributed by atoms with E-state index in [2.05, 4.69) is 10.2 Å². The minimum absolute atomic E-state index is 0.411. The van der Waals surface area contributed by atoms with Gasteiger partial charge in [0, 0.05) is 5.39 Å². The SMILES string of the molecule is Nc1n[nH]c2cc(B(O)O)ccc12. The summed E-state index contributed by atoms with van der Waals surface area (Å²) >= 11 is 0. The second-order valence-corrected chi connectivity index (χ2v) is 2.79. The van der Waals surface area contributed by atoms with Gasteiger partial charge in [-0.2, -0.15) is 5.10 Å². The van der Waals surface area contributed by atoms with Crippen LogP contribution in [-0.2, 0) is 0 Å². The van der Waals surface area contributed by atoms with Crippen LogP contribution in [0, 0.1) is 0 Å². The highest BCUT2D eigenvalue weighted by Gasteiger charge is 2.12. The zero-order valence-electron chi connectivity index (χ0n) is 6.73. The van der Waals surface area contributed by atoms with Gasteiger partial charge >= 0.3 is 7.12 Å². The van der Waals surface area contributed by atoms with Crippen LogP contribution in [0.5, 0.6) is 0 Å². The second-order valence-electron chi connectivity index (χ2n) is 2.79. The van der Waals surface area contributed by atoms with Gasteiger partial charge in [0.1, 0.15) is 0 Å². The molecule has 5 N–H and O–H groups in total. The van der Waals surface area contributed by atoms with E-state index >= 15 is 0 Å². The molecule has 0 bridgehead atoms. The molecule has 6 heteroatoms. The maximum atomic E-state index is 8.88. The Balaban J connectivity index is 2.63. The Hall–Kier alpha value is -1.53. The maximum absolute atomic E-state index is 8.88. The quantitative estimate of drug-likeness (QED) is 0.412. The Morgan fingerprint density at radius 2 is 2.15 bits per heavy atom. The number of nitrogens with one attached hydrogen (secondary N) is 1. The molecular formula is C7H8BN3O2. The van der Waals surface area contributed by atoms with Gasteiger partial charge in [0.2, 0.25) is 0 Å². The van der Waals surface area contributed by atoms with Crippen molar-refractivity contribution in [3.05, 3.63) is 18.2 Å². The van der Waals surface area contributed by atoms with Crippen LogP contribution in [0.2, 0.25) is 0 Å². The summed E-state index contributed by atoms with van der Waals surface area (Å²) in [4.78, 5) is 0. The Kier molecular flexibility index (Phi) is 1.71. The summed E-state index contributed by atoms with van der Waals surface area (Å²) < 4.78 is 0. The zero-order valence-corrected chi connectivity index (χ0v) is 6.73.